The maximum Gasteiger partial charge on any atom is 0.334 e. The van der Waals surface area contributed by atoms with Gasteiger partial charge in [0.1, 0.15) is 6.61 Å². The molecule has 1 aromatic carbocycles. The summed E-state index contributed by atoms with van der Waals surface area (Å²) < 4.78 is 18.3. The predicted octanol–water partition coefficient (Wildman–Crippen LogP) is 2.15. The van der Waals surface area contributed by atoms with E-state index in [4.69, 9.17) is 9.84 Å². The number of hydrogen-bond donors (Lipinski definition) is 1. The number of ether oxygens (including phenoxy) is 1. The summed E-state index contributed by atoms with van der Waals surface area (Å²) in [5.41, 5.74) is 0.337. The minimum atomic E-state index is -1.15. The van der Waals surface area contributed by atoms with Gasteiger partial charge in [-0.3, -0.25) is 0 Å². The molecule has 0 unspecified atom stereocenters. The summed E-state index contributed by atoms with van der Waals surface area (Å²) in [4.78, 5) is 10.4. The number of aryl methyl sites for hydroxylation is 1. The highest BCUT2D eigenvalue weighted by Crippen LogP contribution is 2.19. The minimum Gasteiger partial charge on any atom is -0.486 e. The zero-order valence-electron chi connectivity index (χ0n) is 8.29. The van der Waals surface area contributed by atoms with Crippen LogP contribution in [0.4, 0.5) is 4.39 Å². The van der Waals surface area contributed by atoms with Crippen molar-refractivity contribution in [1.82, 2.24) is 0 Å². The molecule has 0 atom stereocenters. The number of carboxylic acid groups (broad SMARTS) is 1. The van der Waals surface area contributed by atoms with Crippen molar-refractivity contribution in [3.63, 3.8) is 0 Å². The Morgan fingerprint density at radius 2 is 2.27 bits per heavy atom. The molecule has 0 spiro atoms. The van der Waals surface area contributed by atoms with E-state index in [2.05, 4.69) is 6.58 Å². The van der Waals surface area contributed by atoms with Crippen molar-refractivity contribution in [1.29, 1.82) is 0 Å². The molecule has 3 nitrogen and oxygen atoms in total. The van der Waals surface area contributed by atoms with Gasteiger partial charge in [0.2, 0.25) is 0 Å². The largest absolute Gasteiger partial charge is 0.486 e. The normalized spacial score (nSPS) is 9.73. The molecular weight excluding hydrogens is 199 g/mol. The Morgan fingerprint density at radius 3 is 2.87 bits per heavy atom. The maximum absolute atomic E-state index is 13.4. The Bertz CT molecular complexity index is 399. The van der Waals surface area contributed by atoms with E-state index in [9.17, 15) is 9.18 Å². The smallest absolute Gasteiger partial charge is 0.334 e. The number of halogens is 1. The molecule has 0 amide bonds. The average Bonchev–Trinajstić information content (AvgIpc) is 2.19. The Kier molecular flexibility index (Phi) is 3.44. The topological polar surface area (TPSA) is 46.5 Å². The van der Waals surface area contributed by atoms with Crippen molar-refractivity contribution in [3.8, 4) is 5.75 Å². The molecule has 0 heterocycles. The predicted molar refractivity (Wildman–Crippen MR) is 53.4 cm³/mol. The molecule has 1 rings (SSSR count). The molecule has 0 radical (unpaired) electrons. The first-order chi connectivity index (χ1) is 7.02. The number of carboxylic acids is 1. The molecule has 0 fully saturated rings. The average molecular weight is 210 g/mol. The molecule has 1 aromatic rings. The second kappa shape index (κ2) is 4.59. The van der Waals surface area contributed by atoms with Gasteiger partial charge in [-0.1, -0.05) is 18.7 Å². The zero-order valence-corrected chi connectivity index (χ0v) is 8.29. The highest BCUT2D eigenvalue weighted by atomic mass is 19.1. The van der Waals surface area contributed by atoms with E-state index in [1.807, 2.05) is 0 Å². The van der Waals surface area contributed by atoms with Gasteiger partial charge in [-0.15, -0.1) is 0 Å². The van der Waals surface area contributed by atoms with Crippen LogP contribution in [0.2, 0.25) is 0 Å². The lowest BCUT2D eigenvalue weighted by molar-refractivity contribution is -0.133. The monoisotopic (exact) mass is 210 g/mol. The molecule has 80 valence electrons. The Labute approximate surface area is 86.8 Å². The molecule has 0 aromatic heterocycles. The fraction of sp³-hybridized carbons (Fsp3) is 0.182. The van der Waals surface area contributed by atoms with Gasteiger partial charge in [0.05, 0.1) is 5.57 Å². The first-order valence-electron chi connectivity index (χ1n) is 4.31. The molecule has 0 aliphatic rings. The van der Waals surface area contributed by atoms with Gasteiger partial charge < -0.3 is 9.84 Å². The summed E-state index contributed by atoms with van der Waals surface area (Å²) in [6, 6.07) is 4.68. The Balaban J connectivity index is 2.70. The van der Waals surface area contributed by atoms with Crippen LogP contribution in [0.3, 0.4) is 0 Å². The maximum atomic E-state index is 13.4. The van der Waals surface area contributed by atoms with E-state index in [1.165, 1.54) is 6.07 Å². The minimum absolute atomic E-state index is 0.0393. The quantitative estimate of drug-likeness (QED) is 0.774. The third-order valence-corrected chi connectivity index (χ3v) is 1.86. The van der Waals surface area contributed by atoms with E-state index < -0.39 is 11.8 Å². The van der Waals surface area contributed by atoms with Gasteiger partial charge in [-0.2, -0.15) is 0 Å². The van der Waals surface area contributed by atoms with Crippen LogP contribution >= 0.6 is 0 Å². The fourth-order valence-electron chi connectivity index (χ4n) is 0.959. The van der Waals surface area contributed by atoms with E-state index in [0.717, 1.165) is 0 Å². The van der Waals surface area contributed by atoms with Crippen molar-refractivity contribution in [2.45, 2.75) is 6.92 Å². The van der Waals surface area contributed by atoms with Crippen molar-refractivity contribution in [3.05, 3.63) is 41.7 Å². The van der Waals surface area contributed by atoms with Crippen LogP contribution in [0.15, 0.2) is 30.4 Å². The van der Waals surface area contributed by atoms with Crippen LogP contribution in [0.1, 0.15) is 5.56 Å². The number of aliphatic carboxylic acids is 1. The van der Waals surface area contributed by atoms with Gasteiger partial charge in [-0.25, -0.2) is 9.18 Å². The number of benzene rings is 1. The van der Waals surface area contributed by atoms with Crippen LogP contribution < -0.4 is 4.74 Å². The van der Waals surface area contributed by atoms with Crippen molar-refractivity contribution < 1.29 is 19.0 Å². The highest BCUT2D eigenvalue weighted by molar-refractivity contribution is 5.86. The van der Waals surface area contributed by atoms with Crippen LogP contribution in [0.5, 0.6) is 5.75 Å². The molecular formula is C11H11FO3. The molecule has 0 saturated heterocycles. The summed E-state index contributed by atoms with van der Waals surface area (Å²) in [5, 5.41) is 8.51. The lowest BCUT2D eigenvalue weighted by Crippen LogP contribution is -2.09. The summed E-state index contributed by atoms with van der Waals surface area (Å²) >= 11 is 0. The van der Waals surface area contributed by atoms with Gasteiger partial charge in [0.15, 0.2) is 11.6 Å². The lowest BCUT2D eigenvalue weighted by Gasteiger charge is -2.07. The molecule has 0 aliphatic carbocycles. The summed E-state index contributed by atoms with van der Waals surface area (Å²) in [5.74, 6) is -1.59. The van der Waals surface area contributed by atoms with Gasteiger partial charge >= 0.3 is 5.97 Å². The van der Waals surface area contributed by atoms with Crippen LogP contribution in [0, 0.1) is 12.7 Å². The Hall–Kier alpha value is -1.84. The van der Waals surface area contributed by atoms with E-state index in [1.54, 1.807) is 19.1 Å². The number of carbonyl (C=O) groups is 1. The molecule has 1 N–H and O–H groups in total. The van der Waals surface area contributed by atoms with E-state index >= 15 is 0 Å². The molecule has 0 aliphatic heterocycles. The van der Waals surface area contributed by atoms with Crippen molar-refractivity contribution in [2.24, 2.45) is 0 Å². The molecule has 0 saturated carbocycles. The lowest BCUT2D eigenvalue weighted by atomic mass is 10.2. The second-order valence-electron chi connectivity index (χ2n) is 3.08. The summed E-state index contributed by atoms with van der Waals surface area (Å²) in [6.45, 7) is 4.65. The van der Waals surface area contributed by atoms with E-state index in [0.29, 0.717) is 5.56 Å². The summed E-state index contributed by atoms with van der Waals surface area (Å²) in [6.07, 6.45) is 0. The van der Waals surface area contributed by atoms with Gasteiger partial charge in [0, 0.05) is 0 Å². The van der Waals surface area contributed by atoms with Crippen LogP contribution in [-0.2, 0) is 4.79 Å². The Morgan fingerprint density at radius 1 is 1.60 bits per heavy atom. The SMILES string of the molecule is C=C(COc1cccc(C)c1F)C(=O)O. The van der Waals surface area contributed by atoms with E-state index in [-0.39, 0.29) is 17.9 Å². The fourth-order valence-corrected chi connectivity index (χ4v) is 0.959. The first-order valence-corrected chi connectivity index (χ1v) is 4.31. The number of rotatable bonds is 4. The van der Waals surface area contributed by atoms with Crippen molar-refractivity contribution in [2.75, 3.05) is 6.61 Å². The standard InChI is InChI=1S/C11H11FO3/c1-7-4-3-5-9(10(7)12)15-6-8(2)11(13)14/h3-5H,2,6H2,1H3,(H,13,14). The third-order valence-electron chi connectivity index (χ3n) is 1.86. The van der Waals surface area contributed by atoms with Crippen molar-refractivity contribution >= 4 is 5.97 Å². The first kappa shape index (κ1) is 11.2. The molecule has 15 heavy (non-hydrogen) atoms. The summed E-state index contributed by atoms with van der Waals surface area (Å²) in [7, 11) is 0. The van der Waals surface area contributed by atoms with Gasteiger partial charge in [-0.05, 0) is 18.6 Å². The van der Waals surface area contributed by atoms with Crippen LogP contribution in [-0.4, -0.2) is 17.7 Å². The molecule has 0 bridgehead atoms. The zero-order chi connectivity index (χ0) is 11.4. The third kappa shape index (κ3) is 2.80. The number of hydrogen-bond acceptors (Lipinski definition) is 2. The second-order valence-corrected chi connectivity index (χ2v) is 3.08. The van der Waals surface area contributed by atoms with Gasteiger partial charge in [0.25, 0.3) is 0 Å². The molecule has 4 heteroatoms. The highest BCUT2D eigenvalue weighted by Gasteiger charge is 2.08. The van der Waals surface area contributed by atoms with Crippen LogP contribution in [0.25, 0.3) is 0 Å².